The Hall–Kier alpha value is -0.480. The Bertz CT molecular complexity index is 328. The van der Waals surface area contributed by atoms with Crippen molar-refractivity contribution < 1.29 is 9.18 Å². The van der Waals surface area contributed by atoms with E-state index in [0.717, 1.165) is 11.5 Å². The van der Waals surface area contributed by atoms with E-state index in [0.29, 0.717) is 5.75 Å². The number of Topliss-reactive ketones (excluding diaryl/α,β-unsaturated/α-hetero) is 1. The van der Waals surface area contributed by atoms with Crippen LogP contribution in [0.3, 0.4) is 0 Å². The van der Waals surface area contributed by atoms with Gasteiger partial charge in [0, 0.05) is 11.5 Å². The highest BCUT2D eigenvalue weighted by molar-refractivity contribution is 8.02. The number of ketones is 1. The highest BCUT2D eigenvalue weighted by Crippen LogP contribution is 2.12. The SMILES string of the molecule is CSCCSCC(=O)c1ccccc1F. The summed E-state index contributed by atoms with van der Waals surface area (Å²) in [6.45, 7) is 0. The van der Waals surface area contributed by atoms with Crippen molar-refractivity contribution >= 4 is 29.3 Å². The zero-order valence-corrected chi connectivity index (χ0v) is 10.2. The Morgan fingerprint density at radius 1 is 1.33 bits per heavy atom. The van der Waals surface area contributed by atoms with Crippen molar-refractivity contribution in [1.29, 1.82) is 0 Å². The molecule has 15 heavy (non-hydrogen) atoms. The van der Waals surface area contributed by atoms with E-state index in [2.05, 4.69) is 0 Å². The molecule has 4 heteroatoms. The molecule has 0 atom stereocenters. The molecule has 0 radical (unpaired) electrons. The summed E-state index contributed by atoms with van der Waals surface area (Å²) in [7, 11) is 0. The van der Waals surface area contributed by atoms with Gasteiger partial charge in [-0.1, -0.05) is 12.1 Å². The zero-order chi connectivity index (χ0) is 11.1. The van der Waals surface area contributed by atoms with Crippen LogP contribution in [0.1, 0.15) is 10.4 Å². The highest BCUT2D eigenvalue weighted by atomic mass is 32.2. The van der Waals surface area contributed by atoms with Crippen LogP contribution in [-0.2, 0) is 0 Å². The van der Waals surface area contributed by atoms with E-state index in [1.807, 2.05) is 6.26 Å². The first kappa shape index (κ1) is 12.6. The lowest BCUT2D eigenvalue weighted by Gasteiger charge is -2.01. The molecule has 0 amide bonds. The summed E-state index contributed by atoms with van der Waals surface area (Å²) < 4.78 is 13.2. The van der Waals surface area contributed by atoms with E-state index in [4.69, 9.17) is 0 Å². The van der Waals surface area contributed by atoms with Gasteiger partial charge in [0.25, 0.3) is 0 Å². The number of carbonyl (C=O) groups is 1. The van der Waals surface area contributed by atoms with Crippen LogP contribution in [0.4, 0.5) is 4.39 Å². The van der Waals surface area contributed by atoms with Gasteiger partial charge in [0.05, 0.1) is 11.3 Å². The molecule has 0 fully saturated rings. The Morgan fingerprint density at radius 3 is 2.73 bits per heavy atom. The van der Waals surface area contributed by atoms with Crippen LogP contribution >= 0.6 is 23.5 Å². The molecule has 0 aliphatic heterocycles. The molecule has 1 rings (SSSR count). The van der Waals surface area contributed by atoms with Gasteiger partial charge in [-0.2, -0.15) is 23.5 Å². The second-order valence-corrected chi connectivity index (χ2v) is 5.04. The fourth-order valence-corrected chi connectivity index (χ4v) is 2.70. The van der Waals surface area contributed by atoms with Crippen LogP contribution in [0.15, 0.2) is 24.3 Å². The standard InChI is InChI=1S/C11H13FOS2/c1-14-6-7-15-8-11(13)9-4-2-3-5-10(9)12/h2-5H,6-8H2,1H3. The number of halogens is 1. The predicted octanol–water partition coefficient (Wildman–Crippen LogP) is 3.10. The van der Waals surface area contributed by atoms with E-state index >= 15 is 0 Å². The zero-order valence-electron chi connectivity index (χ0n) is 8.53. The Morgan fingerprint density at radius 2 is 2.07 bits per heavy atom. The lowest BCUT2D eigenvalue weighted by Crippen LogP contribution is -2.05. The number of benzene rings is 1. The first-order valence-electron chi connectivity index (χ1n) is 4.60. The third kappa shape index (κ3) is 4.26. The van der Waals surface area contributed by atoms with E-state index in [1.54, 1.807) is 35.7 Å². The molecule has 0 unspecified atom stereocenters. The van der Waals surface area contributed by atoms with Gasteiger partial charge >= 0.3 is 0 Å². The minimum atomic E-state index is -0.423. The van der Waals surface area contributed by atoms with Gasteiger partial charge in [-0.15, -0.1) is 0 Å². The van der Waals surface area contributed by atoms with Crippen LogP contribution < -0.4 is 0 Å². The van der Waals surface area contributed by atoms with Crippen molar-refractivity contribution in [2.45, 2.75) is 0 Å². The lowest BCUT2D eigenvalue weighted by atomic mass is 10.1. The van der Waals surface area contributed by atoms with Crippen LogP contribution in [0, 0.1) is 5.82 Å². The minimum absolute atomic E-state index is 0.126. The number of thioether (sulfide) groups is 2. The summed E-state index contributed by atoms with van der Waals surface area (Å²) in [6.07, 6.45) is 2.03. The fraction of sp³-hybridized carbons (Fsp3) is 0.364. The molecule has 0 spiro atoms. The van der Waals surface area contributed by atoms with Gasteiger partial charge in [0.2, 0.25) is 0 Å². The number of rotatable bonds is 6. The molecule has 1 nitrogen and oxygen atoms in total. The normalized spacial score (nSPS) is 10.3. The van der Waals surface area contributed by atoms with Gasteiger partial charge in [-0.3, -0.25) is 4.79 Å². The van der Waals surface area contributed by atoms with Crippen molar-refractivity contribution in [3.05, 3.63) is 35.6 Å². The summed E-state index contributed by atoms with van der Waals surface area (Å²) in [6, 6.07) is 6.13. The van der Waals surface area contributed by atoms with Gasteiger partial charge < -0.3 is 0 Å². The van der Waals surface area contributed by atoms with Crippen molar-refractivity contribution in [1.82, 2.24) is 0 Å². The molecule has 0 bridgehead atoms. The summed E-state index contributed by atoms with van der Waals surface area (Å²) >= 11 is 3.30. The van der Waals surface area contributed by atoms with Crippen LogP contribution in [0.25, 0.3) is 0 Å². The third-order valence-electron chi connectivity index (χ3n) is 1.84. The van der Waals surface area contributed by atoms with Crippen LogP contribution in [0.5, 0.6) is 0 Å². The van der Waals surface area contributed by atoms with Crippen molar-refractivity contribution in [3.8, 4) is 0 Å². The lowest BCUT2D eigenvalue weighted by molar-refractivity contribution is 0.101. The molecular weight excluding hydrogens is 231 g/mol. The molecule has 0 saturated heterocycles. The van der Waals surface area contributed by atoms with Gasteiger partial charge in [0.1, 0.15) is 5.82 Å². The number of carbonyl (C=O) groups excluding carboxylic acids is 1. The first-order valence-corrected chi connectivity index (χ1v) is 7.15. The second-order valence-electron chi connectivity index (χ2n) is 2.95. The average molecular weight is 244 g/mol. The smallest absolute Gasteiger partial charge is 0.175 e. The Kier molecular flexibility index (Phi) is 5.79. The molecular formula is C11H13FOS2. The van der Waals surface area contributed by atoms with E-state index in [9.17, 15) is 9.18 Å². The molecule has 1 aromatic rings. The van der Waals surface area contributed by atoms with E-state index in [1.165, 1.54) is 12.1 Å². The summed E-state index contributed by atoms with van der Waals surface area (Å²) in [4.78, 5) is 11.6. The van der Waals surface area contributed by atoms with Crippen molar-refractivity contribution in [3.63, 3.8) is 0 Å². The number of hydrogen-bond acceptors (Lipinski definition) is 3. The fourth-order valence-electron chi connectivity index (χ4n) is 1.07. The molecule has 0 N–H and O–H groups in total. The maximum absolute atomic E-state index is 13.2. The van der Waals surface area contributed by atoms with Crippen molar-refractivity contribution in [2.75, 3.05) is 23.5 Å². The predicted molar refractivity (Wildman–Crippen MR) is 66.4 cm³/mol. The minimum Gasteiger partial charge on any atom is -0.293 e. The molecule has 0 heterocycles. The summed E-state index contributed by atoms with van der Waals surface area (Å²) in [5, 5.41) is 0. The Labute approximate surface area is 97.8 Å². The number of hydrogen-bond donors (Lipinski definition) is 0. The van der Waals surface area contributed by atoms with Gasteiger partial charge in [-0.25, -0.2) is 4.39 Å². The van der Waals surface area contributed by atoms with Crippen LogP contribution in [-0.4, -0.2) is 29.3 Å². The van der Waals surface area contributed by atoms with Gasteiger partial charge in [-0.05, 0) is 18.4 Å². The van der Waals surface area contributed by atoms with Crippen molar-refractivity contribution in [2.24, 2.45) is 0 Å². The van der Waals surface area contributed by atoms with Gasteiger partial charge in [0.15, 0.2) is 5.78 Å². The molecule has 1 aromatic carbocycles. The monoisotopic (exact) mass is 244 g/mol. The molecule has 0 aliphatic carbocycles. The molecule has 0 aliphatic rings. The van der Waals surface area contributed by atoms with E-state index < -0.39 is 5.82 Å². The van der Waals surface area contributed by atoms with E-state index in [-0.39, 0.29) is 11.3 Å². The largest absolute Gasteiger partial charge is 0.293 e. The topological polar surface area (TPSA) is 17.1 Å². The van der Waals surface area contributed by atoms with Crippen LogP contribution in [0.2, 0.25) is 0 Å². The Balaban J connectivity index is 2.44. The third-order valence-corrected chi connectivity index (χ3v) is 3.67. The summed E-state index contributed by atoms with van der Waals surface area (Å²) in [5.41, 5.74) is 0.203. The molecule has 0 aromatic heterocycles. The summed E-state index contributed by atoms with van der Waals surface area (Å²) in [5.74, 6) is 1.77. The second kappa shape index (κ2) is 6.90. The maximum Gasteiger partial charge on any atom is 0.175 e. The molecule has 0 saturated carbocycles. The highest BCUT2D eigenvalue weighted by Gasteiger charge is 2.09. The quantitative estimate of drug-likeness (QED) is 0.565. The molecule has 82 valence electrons. The maximum atomic E-state index is 13.2. The first-order chi connectivity index (χ1) is 7.25. The average Bonchev–Trinajstić information content (AvgIpc) is 2.25.